The molecule has 5 unspecified atom stereocenters. The van der Waals surface area contributed by atoms with E-state index in [1.165, 1.54) is 38.5 Å². The molecule has 38 heavy (non-hydrogen) atoms. The lowest BCUT2D eigenvalue weighted by atomic mass is 9.45. The average molecular weight is 536 g/mol. The van der Waals surface area contributed by atoms with Gasteiger partial charge in [-0.15, -0.1) is 0 Å². The Morgan fingerprint density at radius 2 is 1.92 bits per heavy atom. The number of aromatic nitrogens is 2. The van der Waals surface area contributed by atoms with Gasteiger partial charge in [0.05, 0.1) is 12.3 Å². The van der Waals surface area contributed by atoms with Gasteiger partial charge in [0, 0.05) is 18.1 Å². The second-order valence-corrected chi connectivity index (χ2v) is 12.9. The fraction of sp³-hybridized carbons (Fsp3) is 0.645. The molecule has 0 radical (unpaired) electrons. The molecule has 0 amide bonds. The predicted octanol–water partition coefficient (Wildman–Crippen LogP) is 7.05. The number of hydrogen-bond donors (Lipinski definition) is 3. The van der Waals surface area contributed by atoms with Gasteiger partial charge in [0.15, 0.2) is 0 Å². The Kier molecular flexibility index (Phi) is 8.45. The SMILES string of the molecule is CCC(O)CCC(C)CC1[C@@H]2CC3C[C@H]1CC(CNc1nc(NCc4ccccc4Cl)ncc1C#N)(C3)C2. The first-order chi connectivity index (χ1) is 18.4. The van der Waals surface area contributed by atoms with Crippen molar-refractivity contribution in [2.24, 2.45) is 35.0 Å². The van der Waals surface area contributed by atoms with Crippen molar-refractivity contribution in [3.8, 4) is 6.07 Å². The Labute approximate surface area is 232 Å². The van der Waals surface area contributed by atoms with Crippen LogP contribution in [0.15, 0.2) is 30.5 Å². The zero-order valence-corrected chi connectivity index (χ0v) is 23.6. The van der Waals surface area contributed by atoms with Gasteiger partial charge in [-0.25, -0.2) is 4.98 Å². The smallest absolute Gasteiger partial charge is 0.224 e. The van der Waals surface area contributed by atoms with Crippen LogP contribution in [0.4, 0.5) is 11.8 Å². The molecule has 7 atom stereocenters. The number of benzene rings is 1. The molecule has 1 heterocycles. The van der Waals surface area contributed by atoms with Crippen molar-refractivity contribution in [1.82, 2.24) is 9.97 Å². The van der Waals surface area contributed by atoms with Crippen molar-refractivity contribution < 1.29 is 5.11 Å². The van der Waals surface area contributed by atoms with Crippen molar-refractivity contribution in [2.45, 2.75) is 84.3 Å². The van der Waals surface area contributed by atoms with E-state index in [1.807, 2.05) is 24.3 Å². The summed E-state index contributed by atoms with van der Waals surface area (Å²) >= 11 is 6.29. The lowest BCUT2D eigenvalue weighted by molar-refractivity contribution is -0.0949. The molecule has 4 aliphatic carbocycles. The molecule has 4 saturated carbocycles. The van der Waals surface area contributed by atoms with Gasteiger partial charge in [-0.05, 0) is 104 Å². The number of aliphatic hydroxyl groups excluding tert-OH is 1. The summed E-state index contributed by atoms with van der Waals surface area (Å²) in [4.78, 5) is 9.04. The van der Waals surface area contributed by atoms with Crippen LogP contribution in [0.2, 0.25) is 5.02 Å². The molecule has 2 aromatic rings. The van der Waals surface area contributed by atoms with E-state index in [9.17, 15) is 10.4 Å². The molecular weight excluding hydrogens is 494 g/mol. The second kappa shape index (κ2) is 11.8. The zero-order chi connectivity index (χ0) is 26.7. The summed E-state index contributed by atoms with van der Waals surface area (Å²) in [5, 5.41) is 27.3. The van der Waals surface area contributed by atoms with E-state index in [0.29, 0.717) is 40.2 Å². The van der Waals surface area contributed by atoms with Crippen LogP contribution < -0.4 is 10.6 Å². The first-order valence-electron chi connectivity index (χ1n) is 14.5. The van der Waals surface area contributed by atoms with Crippen molar-refractivity contribution >= 4 is 23.4 Å². The number of anilines is 2. The topological polar surface area (TPSA) is 93.9 Å². The van der Waals surface area contributed by atoms with Gasteiger partial charge in [0.25, 0.3) is 0 Å². The van der Waals surface area contributed by atoms with Crippen LogP contribution in [0.5, 0.6) is 0 Å². The zero-order valence-electron chi connectivity index (χ0n) is 22.8. The number of halogens is 1. The van der Waals surface area contributed by atoms with E-state index in [-0.39, 0.29) is 6.10 Å². The minimum Gasteiger partial charge on any atom is -0.393 e. The summed E-state index contributed by atoms with van der Waals surface area (Å²) < 4.78 is 0. The number of rotatable bonds is 12. The highest BCUT2D eigenvalue weighted by atomic mass is 35.5. The van der Waals surface area contributed by atoms with E-state index in [0.717, 1.165) is 55.0 Å². The van der Waals surface area contributed by atoms with Gasteiger partial charge in [0.2, 0.25) is 5.95 Å². The largest absolute Gasteiger partial charge is 0.393 e. The predicted molar refractivity (Wildman–Crippen MR) is 153 cm³/mol. The maximum Gasteiger partial charge on any atom is 0.224 e. The first kappa shape index (κ1) is 27.2. The van der Waals surface area contributed by atoms with Crippen LogP contribution in [0.1, 0.15) is 82.8 Å². The number of aliphatic hydroxyl groups is 1. The molecule has 4 aliphatic rings. The molecule has 1 aromatic carbocycles. The van der Waals surface area contributed by atoms with E-state index in [1.54, 1.807) is 6.20 Å². The third kappa shape index (κ3) is 6.10. The molecule has 6 nitrogen and oxygen atoms in total. The minimum absolute atomic E-state index is 0.141. The molecular formula is C31H42ClN5O. The quantitative estimate of drug-likeness (QED) is 0.270. The highest BCUT2D eigenvalue weighted by Crippen LogP contribution is 2.63. The summed E-state index contributed by atoms with van der Waals surface area (Å²) in [6.07, 6.45) is 12.4. The standard InChI is InChI=1S/C31H42ClN5O/c1-3-26(38)9-8-20(2)10-27-23-11-21-12-24(27)15-31(13-21,14-23)19-36-29-25(16-33)18-35-30(37-29)34-17-22-6-4-5-7-28(22)32/h4-7,18,20-21,23-24,26-27,38H,3,8-15,17,19H2,1-2H3,(H2,34,35,36,37)/t20?,21?,23-,24+,26?,27?,31?. The van der Waals surface area contributed by atoms with Crippen molar-refractivity contribution in [2.75, 3.05) is 17.2 Å². The fourth-order valence-electron chi connectivity index (χ4n) is 7.93. The van der Waals surface area contributed by atoms with Gasteiger partial charge in [0.1, 0.15) is 17.5 Å². The van der Waals surface area contributed by atoms with Crippen LogP contribution in [-0.2, 0) is 6.54 Å². The van der Waals surface area contributed by atoms with E-state index in [4.69, 9.17) is 11.6 Å². The van der Waals surface area contributed by atoms with Gasteiger partial charge < -0.3 is 15.7 Å². The molecule has 7 heteroatoms. The Hall–Kier alpha value is -2.36. The Morgan fingerprint density at radius 3 is 2.63 bits per heavy atom. The lowest BCUT2D eigenvalue weighted by Crippen LogP contribution is -2.53. The second-order valence-electron chi connectivity index (χ2n) is 12.5. The Balaban J connectivity index is 1.21. The molecule has 3 N–H and O–H groups in total. The van der Waals surface area contributed by atoms with Gasteiger partial charge in [-0.2, -0.15) is 10.2 Å². The Morgan fingerprint density at radius 1 is 1.16 bits per heavy atom. The molecule has 4 bridgehead atoms. The van der Waals surface area contributed by atoms with Crippen molar-refractivity contribution in [3.05, 3.63) is 46.6 Å². The number of nitrogens with zero attached hydrogens (tertiary/aromatic N) is 3. The maximum absolute atomic E-state index is 10.0. The number of nitriles is 1. The monoisotopic (exact) mass is 535 g/mol. The van der Waals surface area contributed by atoms with Crippen LogP contribution in [0.25, 0.3) is 0 Å². The molecule has 0 saturated heterocycles. The summed E-state index contributed by atoms with van der Waals surface area (Å²) in [5.41, 5.74) is 1.77. The van der Waals surface area contributed by atoms with Gasteiger partial charge in [-0.1, -0.05) is 43.6 Å². The molecule has 0 aliphatic heterocycles. The number of hydrogen-bond acceptors (Lipinski definition) is 6. The summed E-state index contributed by atoms with van der Waals surface area (Å²) in [6, 6.07) is 9.99. The third-order valence-corrected chi connectivity index (χ3v) is 10.0. The molecule has 4 fully saturated rings. The highest BCUT2D eigenvalue weighted by molar-refractivity contribution is 6.31. The first-order valence-corrected chi connectivity index (χ1v) is 14.9. The van der Waals surface area contributed by atoms with Crippen LogP contribution in [0.3, 0.4) is 0 Å². The summed E-state index contributed by atoms with van der Waals surface area (Å²) in [7, 11) is 0. The fourth-order valence-corrected chi connectivity index (χ4v) is 8.14. The maximum atomic E-state index is 10.0. The third-order valence-electron chi connectivity index (χ3n) is 9.67. The van der Waals surface area contributed by atoms with Gasteiger partial charge in [-0.3, -0.25) is 0 Å². The summed E-state index contributed by atoms with van der Waals surface area (Å²) in [6.45, 7) is 5.86. The average Bonchev–Trinajstić information content (AvgIpc) is 2.91. The summed E-state index contributed by atoms with van der Waals surface area (Å²) in [5.74, 6) is 5.12. The minimum atomic E-state index is -0.141. The molecule has 204 valence electrons. The van der Waals surface area contributed by atoms with E-state index < -0.39 is 0 Å². The normalized spacial score (nSPS) is 29.0. The van der Waals surface area contributed by atoms with Crippen LogP contribution >= 0.6 is 11.6 Å². The molecule has 6 rings (SSSR count). The van der Waals surface area contributed by atoms with Crippen LogP contribution in [-0.4, -0.2) is 27.7 Å². The van der Waals surface area contributed by atoms with Crippen LogP contribution in [0, 0.1) is 46.3 Å². The van der Waals surface area contributed by atoms with E-state index >= 15 is 0 Å². The van der Waals surface area contributed by atoms with Crippen molar-refractivity contribution in [3.63, 3.8) is 0 Å². The number of nitrogens with one attached hydrogen (secondary N) is 2. The van der Waals surface area contributed by atoms with E-state index in [2.05, 4.69) is 40.5 Å². The highest BCUT2D eigenvalue weighted by Gasteiger charge is 2.55. The molecule has 0 spiro atoms. The Bertz CT molecular complexity index is 1130. The molecule has 1 aromatic heterocycles. The van der Waals surface area contributed by atoms with Crippen molar-refractivity contribution in [1.29, 1.82) is 5.26 Å². The lowest BCUT2D eigenvalue weighted by Gasteiger charge is -2.61. The van der Waals surface area contributed by atoms with Gasteiger partial charge >= 0.3 is 0 Å².